The number of nitrogens with zero attached hydrogens (tertiary/aromatic N) is 6. The summed E-state index contributed by atoms with van der Waals surface area (Å²) in [5.41, 5.74) is 2.49. The van der Waals surface area contributed by atoms with E-state index in [-0.39, 0.29) is 11.8 Å². The van der Waals surface area contributed by atoms with Gasteiger partial charge in [-0.25, -0.2) is 0 Å². The van der Waals surface area contributed by atoms with Crippen LogP contribution in [-0.2, 0) is 4.79 Å². The number of nitrogens with one attached hydrogen (secondary N) is 1. The molecule has 152 valence electrons. The SMILES string of the molecule is CCOc1ccc([C@H]2CC(=O)Nc3c2cnn3-c2ccc3nncn3n2)cc1OC. The van der Waals surface area contributed by atoms with Crippen molar-refractivity contribution in [2.24, 2.45) is 0 Å². The third-order valence-electron chi connectivity index (χ3n) is 5.07. The smallest absolute Gasteiger partial charge is 0.226 e. The summed E-state index contributed by atoms with van der Waals surface area (Å²) in [6.07, 6.45) is 3.59. The number of aromatic nitrogens is 6. The molecular formula is C20H19N7O3. The summed E-state index contributed by atoms with van der Waals surface area (Å²) in [7, 11) is 1.60. The molecule has 1 aliphatic rings. The molecule has 0 radical (unpaired) electrons. The van der Waals surface area contributed by atoms with Crippen LogP contribution >= 0.6 is 0 Å². The van der Waals surface area contributed by atoms with Gasteiger partial charge in [-0.1, -0.05) is 6.07 Å². The topological polar surface area (TPSA) is 108 Å². The van der Waals surface area contributed by atoms with Crippen molar-refractivity contribution in [3.05, 3.63) is 54.0 Å². The van der Waals surface area contributed by atoms with Gasteiger partial charge in [0, 0.05) is 17.9 Å². The van der Waals surface area contributed by atoms with Crippen molar-refractivity contribution in [1.29, 1.82) is 0 Å². The highest BCUT2D eigenvalue weighted by atomic mass is 16.5. The average Bonchev–Trinajstić information content (AvgIpc) is 3.39. The molecule has 5 rings (SSSR count). The van der Waals surface area contributed by atoms with Gasteiger partial charge in [0.15, 0.2) is 23.0 Å². The van der Waals surface area contributed by atoms with Crippen LogP contribution in [0.3, 0.4) is 0 Å². The van der Waals surface area contributed by atoms with Crippen molar-refractivity contribution in [2.75, 3.05) is 19.0 Å². The Morgan fingerprint density at radius 3 is 2.97 bits per heavy atom. The second-order valence-electron chi connectivity index (χ2n) is 6.83. The van der Waals surface area contributed by atoms with E-state index >= 15 is 0 Å². The number of amides is 1. The standard InChI is InChI=1S/C20H19N7O3/c1-3-30-15-5-4-12(8-16(15)29-2)13-9-19(28)23-20-14(13)10-22-27(20)18-7-6-17-24-21-11-26(17)25-18/h4-8,10-11,13H,3,9H2,1-2H3,(H,23,28)/t13-/m1/s1. The van der Waals surface area contributed by atoms with Crippen LogP contribution in [0.2, 0.25) is 0 Å². The van der Waals surface area contributed by atoms with Gasteiger partial charge >= 0.3 is 0 Å². The molecule has 0 bridgehead atoms. The number of fused-ring (bicyclic) bond motifs is 2. The number of rotatable bonds is 5. The molecule has 0 saturated heterocycles. The molecule has 3 aromatic heterocycles. The van der Waals surface area contributed by atoms with E-state index in [0.717, 1.165) is 11.1 Å². The molecule has 0 unspecified atom stereocenters. The highest BCUT2D eigenvalue weighted by Gasteiger charge is 2.31. The number of benzene rings is 1. The van der Waals surface area contributed by atoms with E-state index in [1.165, 1.54) is 6.33 Å². The van der Waals surface area contributed by atoms with E-state index in [1.54, 1.807) is 34.6 Å². The number of ether oxygens (including phenoxy) is 2. The van der Waals surface area contributed by atoms with Gasteiger partial charge < -0.3 is 14.8 Å². The number of methoxy groups -OCH3 is 1. The van der Waals surface area contributed by atoms with Crippen LogP contribution in [0.1, 0.15) is 30.4 Å². The zero-order valence-corrected chi connectivity index (χ0v) is 16.4. The van der Waals surface area contributed by atoms with Crippen LogP contribution in [-0.4, -0.2) is 49.2 Å². The van der Waals surface area contributed by atoms with E-state index in [4.69, 9.17) is 9.47 Å². The predicted octanol–water partition coefficient (Wildman–Crippen LogP) is 2.19. The number of carbonyl (C=O) groups is 1. The molecule has 10 nitrogen and oxygen atoms in total. The van der Waals surface area contributed by atoms with Gasteiger partial charge in [-0.15, -0.1) is 15.3 Å². The van der Waals surface area contributed by atoms with Crippen molar-refractivity contribution in [3.63, 3.8) is 0 Å². The Labute approximate surface area is 171 Å². The lowest BCUT2D eigenvalue weighted by molar-refractivity contribution is -0.116. The first-order valence-electron chi connectivity index (χ1n) is 9.54. The second kappa shape index (κ2) is 7.14. The largest absolute Gasteiger partial charge is 0.493 e. The second-order valence-corrected chi connectivity index (χ2v) is 6.83. The Morgan fingerprint density at radius 2 is 2.13 bits per heavy atom. The first-order chi connectivity index (χ1) is 14.7. The summed E-state index contributed by atoms with van der Waals surface area (Å²) in [4.78, 5) is 12.5. The number of hydrogen-bond donors (Lipinski definition) is 1. The summed E-state index contributed by atoms with van der Waals surface area (Å²) < 4.78 is 14.3. The van der Waals surface area contributed by atoms with E-state index in [2.05, 4.69) is 25.7 Å². The van der Waals surface area contributed by atoms with Gasteiger partial charge in [0.05, 0.1) is 19.9 Å². The molecular weight excluding hydrogens is 386 g/mol. The van der Waals surface area contributed by atoms with Gasteiger partial charge in [-0.05, 0) is 36.8 Å². The fourth-order valence-corrected chi connectivity index (χ4v) is 3.70. The van der Waals surface area contributed by atoms with Crippen molar-refractivity contribution in [2.45, 2.75) is 19.3 Å². The molecule has 30 heavy (non-hydrogen) atoms. The molecule has 0 saturated carbocycles. The predicted molar refractivity (Wildman–Crippen MR) is 107 cm³/mol. The molecule has 1 amide bonds. The summed E-state index contributed by atoms with van der Waals surface area (Å²) in [6, 6.07) is 9.32. The molecule has 10 heteroatoms. The number of hydrogen-bond acceptors (Lipinski definition) is 7. The molecule has 4 heterocycles. The Hall–Kier alpha value is -3.95. The van der Waals surface area contributed by atoms with Crippen LogP contribution in [0.15, 0.2) is 42.9 Å². The van der Waals surface area contributed by atoms with Gasteiger partial charge in [0.1, 0.15) is 12.1 Å². The molecule has 0 spiro atoms. The molecule has 1 aliphatic heterocycles. The maximum Gasteiger partial charge on any atom is 0.226 e. The van der Waals surface area contributed by atoms with Crippen molar-refractivity contribution < 1.29 is 14.3 Å². The molecule has 1 N–H and O–H groups in total. The fraction of sp³-hybridized carbons (Fsp3) is 0.250. The van der Waals surface area contributed by atoms with Crippen LogP contribution in [0, 0.1) is 0 Å². The Balaban J connectivity index is 1.57. The highest BCUT2D eigenvalue weighted by Crippen LogP contribution is 2.40. The minimum absolute atomic E-state index is 0.0903. The highest BCUT2D eigenvalue weighted by molar-refractivity contribution is 5.94. The van der Waals surface area contributed by atoms with Crippen LogP contribution < -0.4 is 14.8 Å². The maximum absolute atomic E-state index is 12.5. The lowest BCUT2D eigenvalue weighted by atomic mass is 9.87. The maximum atomic E-state index is 12.5. The van der Waals surface area contributed by atoms with Crippen LogP contribution in [0.5, 0.6) is 11.5 Å². The monoisotopic (exact) mass is 405 g/mol. The summed E-state index contributed by atoms with van der Waals surface area (Å²) in [6.45, 7) is 2.47. The minimum Gasteiger partial charge on any atom is -0.493 e. The van der Waals surface area contributed by atoms with Gasteiger partial charge in [-0.2, -0.15) is 14.3 Å². The Morgan fingerprint density at radius 1 is 1.23 bits per heavy atom. The van der Waals surface area contributed by atoms with Crippen molar-refractivity contribution in [1.82, 2.24) is 29.6 Å². The first-order valence-corrected chi connectivity index (χ1v) is 9.54. The number of anilines is 1. The zero-order valence-electron chi connectivity index (χ0n) is 16.4. The minimum atomic E-state index is -0.161. The van der Waals surface area contributed by atoms with Crippen LogP contribution in [0.4, 0.5) is 5.82 Å². The van der Waals surface area contributed by atoms with Crippen molar-refractivity contribution in [3.8, 4) is 17.3 Å². The average molecular weight is 405 g/mol. The van der Waals surface area contributed by atoms with Crippen LogP contribution in [0.25, 0.3) is 11.5 Å². The van der Waals surface area contributed by atoms with E-state index < -0.39 is 0 Å². The Bertz CT molecular complexity index is 1250. The van der Waals surface area contributed by atoms with E-state index in [0.29, 0.717) is 41.8 Å². The molecule has 0 fully saturated rings. The molecule has 0 aliphatic carbocycles. The molecule has 4 aromatic rings. The third-order valence-corrected chi connectivity index (χ3v) is 5.07. The van der Waals surface area contributed by atoms with E-state index in [9.17, 15) is 4.79 Å². The normalized spacial score (nSPS) is 15.7. The lowest BCUT2D eigenvalue weighted by Crippen LogP contribution is -2.25. The summed E-state index contributed by atoms with van der Waals surface area (Å²) in [5, 5.41) is 19.7. The number of carbonyl (C=O) groups excluding carboxylic acids is 1. The molecule has 1 aromatic carbocycles. The van der Waals surface area contributed by atoms with E-state index in [1.807, 2.05) is 25.1 Å². The Kier molecular flexibility index (Phi) is 4.31. The molecule has 1 atom stereocenters. The zero-order chi connectivity index (χ0) is 20.7. The van der Waals surface area contributed by atoms with Gasteiger partial charge in [0.25, 0.3) is 0 Å². The first kappa shape index (κ1) is 18.1. The van der Waals surface area contributed by atoms with Gasteiger partial charge in [-0.3, -0.25) is 4.79 Å². The quantitative estimate of drug-likeness (QED) is 0.542. The van der Waals surface area contributed by atoms with Gasteiger partial charge in [0.2, 0.25) is 5.91 Å². The fourth-order valence-electron chi connectivity index (χ4n) is 3.70. The third kappa shape index (κ3) is 2.93. The summed E-state index contributed by atoms with van der Waals surface area (Å²) >= 11 is 0. The van der Waals surface area contributed by atoms with Crippen molar-refractivity contribution >= 4 is 17.4 Å². The lowest BCUT2D eigenvalue weighted by Gasteiger charge is -2.24. The summed E-state index contributed by atoms with van der Waals surface area (Å²) in [5.74, 6) is 2.20.